The number of hydrogen-bond acceptors (Lipinski definition) is 3. The molecule has 2 aromatic carbocycles. The van der Waals surface area contributed by atoms with Crippen molar-refractivity contribution >= 4 is 12.0 Å². The van der Waals surface area contributed by atoms with Crippen LogP contribution in [0.2, 0.25) is 0 Å². The van der Waals surface area contributed by atoms with Crippen molar-refractivity contribution in [2.45, 2.75) is 0 Å². The number of aliphatic hydroxyl groups is 1. The number of rotatable bonds is 5. The van der Waals surface area contributed by atoms with Crippen LogP contribution in [0.15, 0.2) is 60.3 Å². The smallest absolute Gasteiger partial charge is 0.255 e. The lowest BCUT2D eigenvalue weighted by atomic mass is 10.1. The van der Waals surface area contributed by atoms with Gasteiger partial charge in [0, 0.05) is 11.3 Å². The van der Waals surface area contributed by atoms with Gasteiger partial charge in [-0.3, -0.25) is 4.79 Å². The van der Waals surface area contributed by atoms with Gasteiger partial charge in [-0.05, 0) is 35.9 Å². The molecule has 0 aliphatic rings. The second-order valence-corrected chi connectivity index (χ2v) is 4.42. The Morgan fingerprint density at radius 2 is 1.81 bits per heavy atom. The molecule has 0 aliphatic heterocycles. The minimum Gasteiger partial charge on any atom is -0.497 e. The van der Waals surface area contributed by atoms with Crippen LogP contribution in [0.5, 0.6) is 5.75 Å². The largest absolute Gasteiger partial charge is 0.497 e. The maximum Gasteiger partial charge on any atom is 0.255 e. The van der Waals surface area contributed by atoms with Crippen molar-refractivity contribution in [1.82, 2.24) is 5.32 Å². The molecule has 2 rings (SSSR count). The third kappa shape index (κ3) is 4.19. The number of nitrogens with one attached hydrogen (secondary N) is 1. The number of methoxy groups -OCH3 is 1. The monoisotopic (exact) mass is 283 g/mol. The number of hydrogen-bond donors (Lipinski definition) is 2. The standard InChI is InChI=1S/C17H17NO3/c1-21-16-9-7-13(8-10-16)11-15(12-19)18-17(20)14-5-3-2-4-6-14/h2-11,19H,12H2,1H3,(H,18,20)/b15-11-. The number of amides is 1. The number of benzene rings is 2. The summed E-state index contributed by atoms with van der Waals surface area (Å²) in [4.78, 5) is 12.0. The van der Waals surface area contributed by atoms with Crippen LogP contribution in [-0.2, 0) is 0 Å². The SMILES string of the molecule is COc1ccc(/C=C(/CO)NC(=O)c2ccccc2)cc1. The summed E-state index contributed by atoms with van der Waals surface area (Å²) in [5.41, 5.74) is 1.86. The maximum atomic E-state index is 12.0. The van der Waals surface area contributed by atoms with Crippen LogP contribution in [-0.4, -0.2) is 24.7 Å². The van der Waals surface area contributed by atoms with Gasteiger partial charge >= 0.3 is 0 Å². The van der Waals surface area contributed by atoms with Crippen molar-refractivity contribution in [2.75, 3.05) is 13.7 Å². The van der Waals surface area contributed by atoms with Crippen molar-refractivity contribution < 1.29 is 14.6 Å². The number of carbonyl (C=O) groups is 1. The predicted octanol–water partition coefficient (Wildman–Crippen LogP) is 2.46. The maximum absolute atomic E-state index is 12.0. The zero-order valence-electron chi connectivity index (χ0n) is 11.7. The summed E-state index contributed by atoms with van der Waals surface area (Å²) in [6.45, 7) is -0.245. The van der Waals surface area contributed by atoms with E-state index in [-0.39, 0.29) is 12.5 Å². The topological polar surface area (TPSA) is 58.6 Å². The van der Waals surface area contributed by atoms with E-state index in [1.54, 1.807) is 37.5 Å². The van der Waals surface area contributed by atoms with Crippen molar-refractivity contribution in [3.05, 3.63) is 71.4 Å². The van der Waals surface area contributed by atoms with Crippen molar-refractivity contribution in [3.8, 4) is 5.75 Å². The fraction of sp³-hybridized carbons (Fsp3) is 0.118. The molecular weight excluding hydrogens is 266 g/mol. The molecule has 0 aromatic heterocycles. The van der Waals surface area contributed by atoms with Gasteiger partial charge in [0.1, 0.15) is 5.75 Å². The molecule has 1 amide bonds. The first-order valence-corrected chi connectivity index (χ1v) is 6.55. The second-order valence-electron chi connectivity index (χ2n) is 4.42. The van der Waals surface area contributed by atoms with Gasteiger partial charge in [0.2, 0.25) is 0 Å². The summed E-state index contributed by atoms with van der Waals surface area (Å²) in [6, 6.07) is 16.2. The molecule has 0 bridgehead atoms. The molecule has 0 radical (unpaired) electrons. The molecule has 0 unspecified atom stereocenters. The summed E-state index contributed by atoms with van der Waals surface area (Å²) in [7, 11) is 1.60. The minimum absolute atomic E-state index is 0.245. The zero-order chi connectivity index (χ0) is 15.1. The highest BCUT2D eigenvalue weighted by Gasteiger charge is 2.06. The molecule has 0 heterocycles. The first-order valence-electron chi connectivity index (χ1n) is 6.55. The quantitative estimate of drug-likeness (QED) is 0.886. The van der Waals surface area contributed by atoms with Crippen LogP contribution in [0.3, 0.4) is 0 Å². The van der Waals surface area contributed by atoms with Gasteiger partial charge in [-0.2, -0.15) is 0 Å². The first-order chi connectivity index (χ1) is 10.2. The second kappa shape index (κ2) is 7.26. The minimum atomic E-state index is -0.246. The first kappa shape index (κ1) is 14.8. The van der Waals surface area contributed by atoms with Crippen LogP contribution < -0.4 is 10.1 Å². The summed E-state index contributed by atoms with van der Waals surface area (Å²) < 4.78 is 5.08. The normalized spacial score (nSPS) is 11.0. The van der Waals surface area contributed by atoms with Gasteiger partial charge < -0.3 is 15.2 Å². The fourth-order valence-corrected chi connectivity index (χ4v) is 1.83. The van der Waals surface area contributed by atoms with Gasteiger partial charge in [-0.1, -0.05) is 30.3 Å². The number of aliphatic hydroxyl groups excluding tert-OH is 1. The van der Waals surface area contributed by atoms with E-state index in [1.807, 2.05) is 30.3 Å². The van der Waals surface area contributed by atoms with Crippen LogP contribution in [0.4, 0.5) is 0 Å². The lowest BCUT2D eigenvalue weighted by Crippen LogP contribution is -2.24. The highest BCUT2D eigenvalue weighted by molar-refractivity contribution is 5.95. The Hall–Kier alpha value is -2.59. The Morgan fingerprint density at radius 3 is 2.38 bits per heavy atom. The third-order valence-corrected chi connectivity index (χ3v) is 2.94. The Labute approximate surface area is 123 Å². The predicted molar refractivity (Wildman–Crippen MR) is 82.0 cm³/mol. The highest BCUT2D eigenvalue weighted by Crippen LogP contribution is 2.13. The molecule has 0 saturated carbocycles. The molecule has 0 fully saturated rings. The molecule has 21 heavy (non-hydrogen) atoms. The Kier molecular flexibility index (Phi) is 5.12. The Morgan fingerprint density at radius 1 is 1.14 bits per heavy atom. The molecule has 108 valence electrons. The third-order valence-electron chi connectivity index (χ3n) is 2.94. The molecule has 0 saturated heterocycles. The van der Waals surface area contributed by atoms with Gasteiger partial charge in [-0.15, -0.1) is 0 Å². The summed E-state index contributed by atoms with van der Waals surface area (Å²) in [5.74, 6) is 0.510. The summed E-state index contributed by atoms with van der Waals surface area (Å²) in [6.07, 6.45) is 1.72. The molecule has 0 spiro atoms. The van der Waals surface area contributed by atoms with Gasteiger partial charge in [0.15, 0.2) is 0 Å². The molecule has 0 atom stereocenters. The number of carbonyl (C=O) groups excluding carboxylic acids is 1. The van der Waals surface area contributed by atoms with E-state index in [1.165, 1.54) is 0 Å². The molecule has 4 nitrogen and oxygen atoms in total. The van der Waals surface area contributed by atoms with E-state index in [2.05, 4.69) is 5.32 Å². The van der Waals surface area contributed by atoms with Crippen molar-refractivity contribution in [3.63, 3.8) is 0 Å². The fourth-order valence-electron chi connectivity index (χ4n) is 1.83. The van der Waals surface area contributed by atoms with Gasteiger partial charge in [0.25, 0.3) is 5.91 Å². The molecule has 4 heteroatoms. The zero-order valence-corrected chi connectivity index (χ0v) is 11.7. The summed E-state index contributed by atoms with van der Waals surface area (Å²) in [5, 5.41) is 12.1. The van der Waals surface area contributed by atoms with Crippen molar-refractivity contribution in [2.24, 2.45) is 0 Å². The molecule has 0 aliphatic carbocycles. The molecule has 2 N–H and O–H groups in total. The van der Waals surface area contributed by atoms with E-state index in [4.69, 9.17) is 4.74 Å². The number of ether oxygens (including phenoxy) is 1. The van der Waals surface area contributed by atoms with E-state index in [0.29, 0.717) is 11.3 Å². The summed E-state index contributed by atoms with van der Waals surface area (Å²) >= 11 is 0. The Balaban J connectivity index is 2.11. The van der Waals surface area contributed by atoms with E-state index < -0.39 is 0 Å². The van der Waals surface area contributed by atoms with E-state index in [9.17, 15) is 9.90 Å². The van der Waals surface area contributed by atoms with Gasteiger partial charge in [-0.25, -0.2) is 0 Å². The molecular formula is C17H17NO3. The van der Waals surface area contributed by atoms with E-state index in [0.717, 1.165) is 11.3 Å². The van der Waals surface area contributed by atoms with Crippen LogP contribution >= 0.6 is 0 Å². The Bertz CT molecular complexity index is 618. The van der Waals surface area contributed by atoms with Gasteiger partial charge in [0.05, 0.1) is 13.7 Å². The highest BCUT2D eigenvalue weighted by atomic mass is 16.5. The van der Waals surface area contributed by atoms with Crippen LogP contribution in [0.25, 0.3) is 6.08 Å². The lowest BCUT2D eigenvalue weighted by Gasteiger charge is -2.08. The van der Waals surface area contributed by atoms with E-state index >= 15 is 0 Å². The average Bonchev–Trinajstić information content (AvgIpc) is 2.55. The molecule has 2 aromatic rings. The average molecular weight is 283 g/mol. The van der Waals surface area contributed by atoms with Crippen LogP contribution in [0, 0.1) is 0 Å². The lowest BCUT2D eigenvalue weighted by molar-refractivity contribution is 0.0960. The van der Waals surface area contributed by atoms with Crippen LogP contribution in [0.1, 0.15) is 15.9 Å². The van der Waals surface area contributed by atoms with Crippen molar-refractivity contribution in [1.29, 1.82) is 0 Å².